The Morgan fingerprint density at radius 3 is 2.00 bits per heavy atom. The van der Waals surface area contributed by atoms with Crippen molar-refractivity contribution in [3.63, 3.8) is 0 Å². The predicted molar refractivity (Wildman–Crippen MR) is 141 cm³/mol. The maximum atomic E-state index is 14.3. The van der Waals surface area contributed by atoms with E-state index in [-0.39, 0.29) is 32.2 Å². The van der Waals surface area contributed by atoms with E-state index >= 15 is 0 Å². The summed E-state index contributed by atoms with van der Waals surface area (Å²) in [4.78, 5) is 26.2. The molecule has 1 rings (SSSR count). The van der Waals surface area contributed by atoms with E-state index in [4.69, 9.17) is 18.7 Å². The molecule has 206 valence electrons. The van der Waals surface area contributed by atoms with Crippen molar-refractivity contribution in [2.24, 2.45) is 5.92 Å². The fraction of sp³-hybridized carbons (Fsp3) is 0.692. The molecule has 0 fully saturated rings. The van der Waals surface area contributed by atoms with Crippen LogP contribution in [0.5, 0.6) is 0 Å². The lowest BCUT2D eigenvalue weighted by atomic mass is 10.0. The van der Waals surface area contributed by atoms with Crippen LogP contribution in [0.2, 0.25) is 0 Å². The van der Waals surface area contributed by atoms with Crippen LogP contribution in [0, 0.1) is 5.92 Å². The Bertz CT molecular complexity index is 836. The summed E-state index contributed by atoms with van der Waals surface area (Å²) in [6.45, 7) is 15.1. The van der Waals surface area contributed by atoms with Crippen molar-refractivity contribution in [1.29, 1.82) is 0 Å². The van der Waals surface area contributed by atoms with E-state index in [2.05, 4.69) is 10.6 Å². The average Bonchev–Trinajstić information content (AvgIpc) is 2.77. The summed E-state index contributed by atoms with van der Waals surface area (Å²) in [6.07, 6.45) is -0.127. The Hall–Kier alpha value is -1.93. The van der Waals surface area contributed by atoms with Crippen molar-refractivity contribution in [2.75, 3.05) is 19.8 Å². The molecule has 0 saturated carbocycles. The largest absolute Gasteiger partial charge is 0.444 e. The fourth-order valence-electron chi connectivity index (χ4n) is 3.56. The van der Waals surface area contributed by atoms with E-state index in [0.717, 1.165) is 5.56 Å². The Labute approximate surface area is 216 Å². The van der Waals surface area contributed by atoms with Gasteiger partial charge in [0.05, 0.1) is 6.61 Å². The third-order valence-electron chi connectivity index (χ3n) is 4.97. The fourth-order valence-corrected chi connectivity index (χ4v) is 6.29. The van der Waals surface area contributed by atoms with E-state index in [1.54, 1.807) is 41.5 Å². The molecular formula is C26H45N2O7P. The molecule has 2 amide bonds. The average molecular weight is 529 g/mol. The van der Waals surface area contributed by atoms with Crippen molar-refractivity contribution < 1.29 is 32.9 Å². The minimum atomic E-state index is -3.69. The molecule has 1 aromatic rings. The third kappa shape index (κ3) is 11.0. The maximum absolute atomic E-state index is 14.3. The van der Waals surface area contributed by atoms with Crippen molar-refractivity contribution in [3.05, 3.63) is 35.9 Å². The van der Waals surface area contributed by atoms with Crippen molar-refractivity contribution in [1.82, 2.24) is 10.6 Å². The lowest BCUT2D eigenvalue weighted by molar-refractivity contribution is -0.123. The van der Waals surface area contributed by atoms with Gasteiger partial charge in [0.1, 0.15) is 17.4 Å². The summed E-state index contributed by atoms with van der Waals surface area (Å²) in [7, 11) is -3.69. The van der Waals surface area contributed by atoms with Crippen LogP contribution in [0.3, 0.4) is 0 Å². The zero-order valence-electron chi connectivity index (χ0n) is 23.0. The molecule has 0 radical (unpaired) electrons. The van der Waals surface area contributed by atoms with Crippen molar-refractivity contribution in [3.8, 4) is 0 Å². The second-order valence-electron chi connectivity index (χ2n) is 9.82. The molecule has 10 heteroatoms. The summed E-state index contributed by atoms with van der Waals surface area (Å²) < 4.78 is 36.8. The van der Waals surface area contributed by atoms with E-state index in [1.165, 1.54) is 0 Å². The molecule has 0 heterocycles. The van der Waals surface area contributed by atoms with Gasteiger partial charge >= 0.3 is 6.09 Å². The van der Waals surface area contributed by atoms with Crippen LogP contribution in [-0.2, 0) is 34.5 Å². The van der Waals surface area contributed by atoms with Crippen LogP contribution in [0.4, 0.5) is 4.79 Å². The minimum Gasteiger partial charge on any atom is -0.444 e. The van der Waals surface area contributed by atoms with Gasteiger partial charge in [0.15, 0.2) is 0 Å². The number of benzene rings is 1. The first-order valence-corrected chi connectivity index (χ1v) is 14.4. The number of hydrogen-bond acceptors (Lipinski definition) is 7. The number of alkyl carbamates (subject to hydrolysis) is 1. The SMILES string of the molecule is CCOC(OCC)P(=O)(OCC)[C@H](CC(C)C)NC(=O)[C@H](Cc1ccccc1)NC(=O)OC(C)(C)C. The van der Waals surface area contributed by atoms with Gasteiger partial charge in [-0.15, -0.1) is 0 Å². The van der Waals surface area contributed by atoms with Gasteiger partial charge < -0.3 is 29.4 Å². The zero-order valence-corrected chi connectivity index (χ0v) is 23.9. The molecule has 3 atom stereocenters. The molecule has 36 heavy (non-hydrogen) atoms. The number of amides is 2. The summed E-state index contributed by atoms with van der Waals surface area (Å²) in [5.41, 5.74) is 0.119. The molecule has 0 aromatic heterocycles. The smallest absolute Gasteiger partial charge is 0.408 e. The van der Waals surface area contributed by atoms with Crippen LogP contribution in [-0.4, -0.2) is 55.3 Å². The first-order valence-electron chi connectivity index (χ1n) is 12.7. The normalized spacial score (nSPS) is 15.3. The van der Waals surface area contributed by atoms with Gasteiger partial charge in [-0.05, 0) is 59.4 Å². The maximum Gasteiger partial charge on any atom is 0.408 e. The van der Waals surface area contributed by atoms with E-state index < -0.39 is 42.8 Å². The molecule has 0 aliphatic rings. The second-order valence-corrected chi connectivity index (χ2v) is 12.4. The zero-order chi connectivity index (χ0) is 27.4. The topological polar surface area (TPSA) is 112 Å². The molecular weight excluding hydrogens is 483 g/mol. The number of rotatable bonds is 15. The Morgan fingerprint density at radius 2 is 1.53 bits per heavy atom. The molecule has 9 nitrogen and oxygen atoms in total. The van der Waals surface area contributed by atoms with Gasteiger partial charge in [0, 0.05) is 19.6 Å². The van der Waals surface area contributed by atoms with Crippen LogP contribution >= 0.6 is 7.37 Å². The highest BCUT2D eigenvalue weighted by molar-refractivity contribution is 7.60. The number of nitrogens with one attached hydrogen (secondary N) is 2. The third-order valence-corrected chi connectivity index (χ3v) is 7.73. The van der Waals surface area contributed by atoms with Crippen LogP contribution in [0.25, 0.3) is 0 Å². The molecule has 0 aliphatic carbocycles. The van der Waals surface area contributed by atoms with E-state index in [1.807, 2.05) is 44.2 Å². The van der Waals surface area contributed by atoms with Crippen molar-refractivity contribution >= 4 is 19.4 Å². The molecule has 0 aliphatic heterocycles. The summed E-state index contributed by atoms with van der Waals surface area (Å²) >= 11 is 0. The minimum absolute atomic E-state index is 0.0828. The summed E-state index contributed by atoms with van der Waals surface area (Å²) in [5, 5.41) is 5.58. The van der Waals surface area contributed by atoms with Gasteiger partial charge in [-0.1, -0.05) is 44.2 Å². The predicted octanol–water partition coefficient (Wildman–Crippen LogP) is 5.28. The molecule has 1 aromatic carbocycles. The van der Waals surface area contributed by atoms with E-state index in [0.29, 0.717) is 6.42 Å². The Balaban J connectivity index is 3.32. The number of ether oxygens (including phenoxy) is 3. The first kappa shape index (κ1) is 32.1. The monoisotopic (exact) mass is 528 g/mol. The van der Waals surface area contributed by atoms with Gasteiger partial charge in [-0.2, -0.15) is 0 Å². The van der Waals surface area contributed by atoms with Gasteiger partial charge in [-0.25, -0.2) is 4.79 Å². The standard InChI is InChI=1S/C26H45N2O7P/c1-9-32-25(33-10-2)36(31,34-11-3)22(17-19(4)5)28-23(29)21(18-20-15-13-12-14-16-20)27-24(30)35-26(6,7)8/h12-16,19,21-22,25H,9-11,17-18H2,1-8H3,(H,27,30)(H,28,29)/t21-,22+,36?/m0/s1. The van der Waals surface area contributed by atoms with E-state index in [9.17, 15) is 14.2 Å². The van der Waals surface area contributed by atoms with Crippen LogP contribution in [0.15, 0.2) is 30.3 Å². The van der Waals surface area contributed by atoms with Crippen molar-refractivity contribution in [2.45, 2.75) is 91.7 Å². The summed E-state index contributed by atoms with van der Waals surface area (Å²) in [6, 6.07) is 7.24. The highest BCUT2D eigenvalue weighted by Gasteiger charge is 2.45. The Kier molecular flexibility index (Phi) is 13.7. The van der Waals surface area contributed by atoms with Gasteiger partial charge in [-0.3, -0.25) is 9.36 Å². The summed E-state index contributed by atoms with van der Waals surface area (Å²) in [5.74, 6) is -1.30. The van der Waals surface area contributed by atoms with Crippen LogP contribution < -0.4 is 10.6 Å². The number of carbonyl (C=O) groups excluding carboxylic acids is 2. The highest BCUT2D eigenvalue weighted by atomic mass is 31.2. The van der Waals surface area contributed by atoms with Crippen LogP contribution in [0.1, 0.15) is 67.4 Å². The van der Waals surface area contributed by atoms with Gasteiger partial charge in [0.2, 0.25) is 11.9 Å². The molecule has 0 bridgehead atoms. The molecule has 1 unspecified atom stereocenters. The number of carbonyl (C=O) groups is 2. The Morgan fingerprint density at radius 1 is 0.944 bits per heavy atom. The molecule has 0 saturated heterocycles. The molecule has 2 N–H and O–H groups in total. The van der Waals surface area contributed by atoms with Gasteiger partial charge in [0.25, 0.3) is 7.37 Å². The lowest BCUT2D eigenvalue weighted by Crippen LogP contribution is -2.52. The first-order chi connectivity index (χ1) is 16.9. The quantitative estimate of drug-likeness (QED) is 0.235. The highest BCUT2D eigenvalue weighted by Crippen LogP contribution is 2.58. The lowest BCUT2D eigenvalue weighted by Gasteiger charge is -2.34. The number of hydrogen-bond donors (Lipinski definition) is 2. The molecule has 0 spiro atoms. The second kappa shape index (κ2) is 15.4.